The zero-order valence-electron chi connectivity index (χ0n) is 64.3. The predicted molar refractivity (Wildman–Crippen MR) is 418 cm³/mol. The molecule has 0 aliphatic rings. The van der Waals surface area contributed by atoms with Crippen LogP contribution in [-0.4, -0.2) is 96.7 Å². The van der Waals surface area contributed by atoms with E-state index in [1.54, 1.807) is 0 Å². The van der Waals surface area contributed by atoms with Gasteiger partial charge in [-0.2, -0.15) is 0 Å². The Hall–Kier alpha value is -4.28. The van der Waals surface area contributed by atoms with E-state index in [1.165, 1.54) is 116 Å². The van der Waals surface area contributed by atoms with E-state index in [2.05, 4.69) is 137 Å². The van der Waals surface area contributed by atoms with Gasteiger partial charge in [0, 0.05) is 25.7 Å². The maximum Gasteiger partial charge on any atom is 0.472 e. The molecule has 0 bridgehead atoms. The largest absolute Gasteiger partial charge is 0.472 e. The smallest absolute Gasteiger partial charge is 0.462 e. The van der Waals surface area contributed by atoms with Gasteiger partial charge < -0.3 is 33.8 Å². The summed E-state index contributed by atoms with van der Waals surface area (Å²) in [4.78, 5) is 73.0. The van der Waals surface area contributed by atoms with E-state index in [-0.39, 0.29) is 25.7 Å². The van der Waals surface area contributed by atoms with Crippen LogP contribution in [0.2, 0.25) is 0 Å². The molecule has 0 aromatic heterocycles. The summed E-state index contributed by atoms with van der Waals surface area (Å²) >= 11 is 0. The summed E-state index contributed by atoms with van der Waals surface area (Å²) in [6.45, 7) is 4.61. The van der Waals surface area contributed by atoms with E-state index in [4.69, 9.17) is 37.0 Å². The maximum atomic E-state index is 13.1. The standard InChI is InChI=1S/C83H144O17P2/c1-5-9-13-17-21-25-29-33-36-37-38-39-42-45-48-52-56-60-64-68-81(86)94-73-78(99-82(87)69-65-61-57-53-49-43-32-28-24-20-16-12-8-4)75-97-101(89,90)95-71-77(84)72-96-102(91,92)98-76-79(100-83(88)70-66-62-58-54-50-46-41-35-31-27-23-19-15-11-7-3)74-93-80(85)67-63-59-55-51-47-44-40-34-30-26-22-18-14-10-6-2/h9-10,13-14,21-22,25-26,33-34,36,38-40,45,47-48,51,77-79,84H,5-8,11-12,15-20,23-24,27-32,35,37,41-44,46,49-50,52-76H2,1-4H3,(H,89,90)(H,91,92)/b13-9-,14-10-,25-21-,26-22-,36-33-,39-38-,40-34-,48-45-,51-47-. The predicted octanol–water partition coefficient (Wildman–Crippen LogP) is 23.3. The van der Waals surface area contributed by atoms with Crippen LogP contribution in [0.3, 0.4) is 0 Å². The summed E-state index contributed by atoms with van der Waals surface area (Å²) in [5.74, 6) is -2.24. The fourth-order valence-corrected chi connectivity index (χ4v) is 12.3. The van der Waals surface area contributed by atoms with Gasteiger partial charge in [0.1, 0.15) is 19.3 Å². The lowest BCUT2D eigenvalue weighted by Crippen LogP contribution is -2.30. The lowest BCUT2D eigenvalue weighted by atomic mass is 10.0. The second-order valence-electron chi connectivity index (χ2n) is 26.6. The van der Waals surface area contributed by atoms with Crippen LogP contribution in [0, 0.1) is 0 Å². The van der Waals surface area contributed by atoms with Gasteiger partial charge in [-0.05, 0) is 109 Å². The summed E-state index contributed by atoms with van der Waals surface area (Å²) in [7, 11) is -9.97. The third kappa shape index (κ3) is 74.0. The van der Waals surface area contributed by atoms with Crippen molar-refractivity contribution in [2.45, 2.75) is 354 Å². The van der Waals surface area contributed by atoms with E-state index in [0.717, 1.165) is 141 Å². The molecule has 0 rings (SSSR count). The van der Waals surface area contributed by atoms with Crippen LogP contribution in [0.15, 0.2) is 109 Å². The molecule has 0 aromatic carbocycles. The number of aliphatic hydroxyl groups excluding tert-OH is 1. The number of allylic oxidation sites excluding steroid dienone is 18. The molecule has 19 heteroatoms. The van der Waals surface area contributed by atoms with Crippen LogP contribution in [0.1, 0.15) is 336 Å². The average Bonchev–Trinajstić information content (AvgIpc) is 0.908. The number of hydrogen-bond acceptors (Lipinski definition) is 15. The Morgan fingerprint density at radius 2 is 0.510 bits per heavy atom. The number of rotatable bonds is 75. The molecule has 5 unspecified atom stereocenters. The van der Waals surface area contributed by atoms with Crippen molar-refractivity contribution in [3.63, 3.8) is 0 Å². The van der Waals surface area contributed by atoms with Crippen molar-refractivity contribution in [1.29, 1.82) is 0 Å². The van der Waals surface area contributed by atoms with Crippen molar-refractivity contribution in [2.24, 2.45) is 0 Å². The highest BCUT2D eigenvalue weighted by Crippen LogP contribution is 2.45. The SMILES string of the molecule is CC/C=C\C/C=C\C/C=C\C/C=C\C/C=C\CCCCCC(=O)OCC(COP(=O)(O)OCC(O)COP(=O)(O)OCC(COC(=O)CCCC/C=C\C/C=C\C/C=C\C/C=C\CC)OC(=O)CCCCCCCCCCCCCCCCC)OC(=O)CCCCCCCCCCCCCCC. The fourth-order valence-electron chi connectivity index (χ4n) is 10.7. The van der Waals surface area contributed by atoms with Crippen molar-refractivity contribution >= 4 is 39.5 Å². The first-order chi connectivity index (χ1) is 49.7. The summed E-state index contributed by atoms with van der Waals surface area (Å²) in [5, 5.41) is 10.6. The van der Waals surface area contributed by atoms with Crippen LogP contribution >= 0.6 is 15.6 Å². The summed E-state index contributed by atoms with van der Waals surface area (Å²) in [6, 6.07) is 0. The van der Waals surface area contributed by atoms with E-state index < -0.39 is 97.5 Å². The zero-order chi connectivity index (χ0) is 74.6. The van der Waals surface area contributed by atoms with Crippen molar-refractivity contribution in [2.75, 3.05) is 39.6 Å². The quantitative estimate of drug-likeness (QED) is 0.0169. The molecular formula is C83H144O17P2. The van der Waals surface area contributed by atoms with Gasteiger partial charge in [0.2, 0.25) is 0 Å². The van der Waals surface area contributed by atoms with Crippen LogP contribution < -0.4 is 0 Å². The molecule has 17 nitrogen and oxygen atoms in total. The molecule has 0 spiro atoms. The fraction of sp³-hybridized carbons (Fsp3) is 0.735. The molecule has 0 heterocycles. The minimum absolute atomic E-state index is 0.0883. The molecule has 102 heavy (non-hydrogen) atoms. The first-order valence-electron chi connectivity index (χ1n) is 40.1. The molecule has 0 saturated heterocycles. The Morgan fingerprint density at radius 1 is 0.284 bits per heavy atom. The monoisotopic (exact) mass is 1470 g/mol. The van der Waals surface area contributed by atoms with Crippen LogP contribution in [0.25, 0.3) is 0 Å². The molecule has 0 saturated carbocycles. The molecule has 0 aliphatic carbocycles. The van der Waals surface area contributed by atoms with Gasteiger partial charge in [0.25, 0.3) is 0 Å². The minimum atomic E-state index is -4.98. The molecular weight excluding hydrogens is 1330 g/mol. The zero-order valence-corrected chi connectivity index (χ0v) is 66.0. The van der Waals surface area contributed by atoms with E-state index >= 15 is 0 Å². The Morgan fingerprint density at radius 3 is 0.804 bits per heavy atom. The Kier molecular flexibility index (Phi) is 71.8. The Labute approximate surface area is 619 Å². The summed E-state index contributed by atoms with van der Waals surface area (Å²) in [6.07, 6.45) is 80.7. The summed E-state index contributed by atoms with van der Waals surface area (Å²) in [5.41, 5.74) is 0. The lowest BCUT2D eigenvalue weighted by molar-refractivity contribution is -0.161. The second kappa shape index (κ2) is 75.0. The lowest BCUT2D eigenvalue weighted by Gasteiger charge is -2.21. The maximum absolute atomic E-state index is 13.1. The van der Waals surface area contributed by atoms with E-state index in [1.807, 2.05) is 0 Å². The Bertz CT molecular complexity index is 2360. The van der Waals surface area contributed by atoms with Gasteiger partial charge in [-0.3, -0.25) is 37.3 Å². The molecule has 3 N–H and O–H groups in total. The number of aliphatic hydroxyl groups is 1. The highest BCUT2D eigenvalue weighted by atomic mass is 31.2. The number of ether oxygens (including phenoxy) is 4. The first-order valence-corrected chi connectivity index (χ1v) is 43.1. The highest BCUT2D eigenvalue weighted by Gasteiger charge is 2.30. The molecule has 0 fully saturated rings. The number of phosphoric acid groups is 2. The number of carbonyl (C=O) groups excluding carboxylic acids is 4. The second-order valence-corrected chi connectivity index (χ2v) is 29.5. The highest BCUT2D eigenvalue weighted by molar-refractivity contribution is 7.47. The molecule has 5 atom stereocenters. The van der Waals surface area contributed by atoms with Crippen molar-refractivity contribution in [1.82, 2.24) is 0 Å². The number of esters is 4. The van der Waals surface area contributed by atoms with Gasteiger partial charge in [0.05, 0.1) is 26.4 Å². The number of phosphoric ester groups is 2. The van der Waals surface area contributed by atoms with Gasteiger partial charge in [-0.15, -0.1) is 0 Å². The van der Waals surface area contributed by atoms with Crippen LogP contribution in [0.5, 0.6) is 0 Å². The van der Waals surface area contributed by atoms with Gasteiger partial charge in [-0.25, -0.2) is 9.13 Å². The molecule has 588 valence electrons. The molecule has 0 aromatic rings. The van der Waals surface area contributed by atoms with E-state index in [0.29, 0.717) is 25.7 Å². The third-order valence-electron chi connectivity index (χ3n) is 16.8. The van der Waals surface area contributed by atoms with Gasteiger partial charge in [-0.1, -0.05) is 310 Å². The topological polar surface area (TPSA) is 237 Å². The summed E-state index contributed by atoms with van der Waals surface area (Å²) < 4.78 is 68.6. The first kappa shape index (κ1) is 97.7. The Balaban J connectivity index is 5.38. The van der Waals surface area contributed by atoms with Crippen LogP contribution in [0.4, 0.5) is 0 Å². The normalized spacial score (nSPS) is 14.5. The number of carbonyl (C=O) groups is 4. The van der Waals surface area contributed by atoms with E-state index in [9.17, 15) is 43.2 Å². The van der Waals surface area contributed by atoms with Gasteiger partial charge >= 0.3 is 39.5 Å². The molecule has 0 radical (unpaired) electrons. The van der Waals surface area contributed by atoms with Crippen molar-refractivity contribution < 1.29 is 80.2 Å². The average molecular weight is 1480 g/mol. The van der Waals surface area contributed by atoms with Crippen molar-refractivity contribution in [3.05, 3.63) is 109 Å². The molecule has 0 amide bonds. The molecule has 0 aliphatic heterocycles. The number of hydrogen-bond donors (Lipinski definition) is 3. The van der Waals surface area contributed by atoms with Crippen LogP contribution in [-0.2, 0) is 65.4 Å². The van der Waals surface area contributed by atoms with Gasteiger partial charge in [0.15, 0.2) is 12.2 Å². The third-order valence-corrected chi connectivity index (χ3v) is 18.7. The minimum Gasteiger partial charge on any atom is -0.462 e. The number of unbranched alkanes of at least 4 members (excludes halogenated alkanes) is 31. The van der Waals surface area contributed by atoms with Crippen molar-refractivity contribution in [3.8, 4) is 0 Å².